The van der Waals surface area contributed by atoms with Gasteiger partial charge in [0.1, 0.15) is 0 Å². The number of halogens is 2. The van der Waals surface area contributed by atoms with Crippen LogP contribution in [0.15, 0.2) is 34.9 Å². The van der Waals surface area contributed by atoms with Crippen LogP contribution in [0.1, 0.15) is 12.5 Å². The average Bonchev–Trinajstić information content (AvgIpc) is 2.73. The molecule has 2 aromatic rings. The highest BCUT2D eigenvalue weighted by molar-refractivity contribution is 9.10. The first kappa shape index (κ1) is 15.3. The van der Waals surface area contributed by atoms with Gasteiger partial charge in [-0.25, -0.2) is 0 Å². The van der Waals surface area contributed by atoms with Gasteiger partial charge in [-0.2, -0.15) is 5.10 Å². The molecule has 0 unspecified atom stereocenters. The molecule has 2 N–H and O–H groups in total. The summed E-state index contributed by atoms with van der Waals surface area (Å²) in [5.41, 5.74) is 1.13. The van der Waals surface area contributed by atoms with Crippen molar-refractivity contribution in [2.24, 2.45) is 0 Å². The van der Waals surface area contributed by atoms with Crippen molar-refractivity contribution < 1.29 is 0 Å². The number of hydrogen-bond acceptors (Lipinski definition) is 2. The fourth-order valence-corrected chi connectivity index (χ4v) is 2.43. The molecule has 0 amide bonds. The molecule has 1 aromatic heterocycles. The lowest BCUT2D eigenvalue weighted by Crippen LogP contribution is -2.28. The van der Waals surface area contributed by atoms with Crippen LogP contribution in [0.2, 0.25) is 5.02 Å². The Hall–Kier alpha value is -1.11. The monoisotopic (exact) mass is 372 g/mol. The van der Waals surface area contributed by atoms with Crippen LogP contribution in [-0.2, 0) is 6.54 Å². The third-order valence-corrected chi connectivity index (χ3v) is 3.62. The highest BCUT2D eigenvalue weighted by Crippen LogP contribution is 2.21. The highest BCUT2D eigenvalue weighted by atomic mass is 79.9. The first-order chi connectivity index (χ1) is 9.58. The SMILES string of the molecule is CCNC(=S)Nc1nn(Cc2ccc(Cl)cc2)cc1Br. The third-order valence-electron chi connectivity index (χ3n) is 2.54. The van der Waals surface area contributed by atoms with E-state index in [1.165, 1.54) is 0 Å². The maximum atomic E-state index is 5.87. The highest BCUT2D eigenvalue weighted by Gasteiger charge is 2.08. The molecular formula is C13H14BrClN4S. The molecular weight excluding hydrogens is 360 g/mol. The molecule has 0 bridgehead atoms. The molecule has 20 heavy (non-hydrogen) atoms. The maximum absolute atomic E-state index is 5.87. The predicted octanol–water partition coefficient (Wildman–Crippen LogP) is 3.65. The Bertz CT molecular complexity index is 597. The zero-order valence-corrected chi connectivity index (χ0v) is 14.0. The van der Waals surface area contributed by atoms with Crippen molar-refractivity contribution in [2.45, 2.75) is 13.5 Å². The van der Waals surface area contributed by atoms with Gasteiger partial charge in [0.25, 0.3) is 0 Å². The normalized spacial score (nSPS) is 10.3. The van der Waals surface area contributed by atoms with Crippen LogP contribution in [0.5, 0.6) is 0 Å². The first-order valence-electron chi connectivity index (χ1n) is 6.10. The van der Waals surface area contributed by atoms with E-state index in [1.54, 1.807) is 0 Å². The Balaban J connectivity index is 2.06. The summed E-state index contributed by atoms with van der Waals surface area (Å²) >= 11 is 14.5. The van der Waals surface area contributed by atoms with E-state index in [4.69, 9.17) is 23.8 Å². The quantitative estimate of drug-likeness (QED) is 0.803. The van der Waals surface area contributed by atoms with Crippen molar-refractivity contribution in [3.63, 3.8) is 0 Å². The van der Waals surface area contributed by atoms with Gasteiger partial charge in [-0.3, -0.25) is 4.68 Å². The molecule has 0 fully saturated rings. The summed E-state index contributed by atoms with van der Waals surface area (Å²) < 4.78 is 2.70. The summed E-state index contributed by atoms with van der Waals surface area (Å²) in [7, 11) is 0. The number of anilines is 1. The topological polar surface area (TPSA) is 41.9 Å². The molecule has 0 aliphatic heterocycles. The van der Waals surface area contributed by atoms with Crippen LogP contribution in [0.4, 0.5) is 5.82 Å². The van der Waals surface area contributed by atoms with Crippen molar-refractivity contribution in [3.8, 4) is 0 Å². The maximum Gasteiger partial charge on any atom is 0.172 e. The van der Waals surface area contributed by atoms with Gasteiger partial charge >= 0.3 is 0 Å². The minimum Gasteiger partial charge on any atom is -0.363 e. The van der Waals surface area contributed by atoms with E-state index < -0.39 is 0 Å². The third kappa shape index (κ3) is 4.19. The number of hydrogen-bond donors (Lipinski definition) is 2. The smallest absolute Gasteiger partial charge is 0.172 e. The predicted molar refractivity (Wildman–Crippen MR) is 90.4 cm³/mol. The lowest BCUT2D eigenvalue weighted by molar-refractivity contribution is 0.689. The molecule has 0 spiro atoms. The molecule has 0 aliphatic carbocycles. The van der Waals surface area contributed by atoms with Crippen molar-refractivity contribution in [1.82, 2.24) is 15.1 Å². The van der Waals surface area contributed by atoms with Gasteiger partial charge in [0.2, 0.25) is 0 Å². The number of nitrogens with zero attached hydrogens (tertiary/aromatic N) is 2. The Labute approximate surface area is 136 Å². The summed E-state index contributed by atoms with van der Waals surface area (Å²) in [4.78, 5) is 0. The molecule has 1 aromatic carbocycles. The van der Waals surface area contributed by atoms with Crippen molar-refractivity contribution >= 4 is 50.7 Å². The van der Waals surface area contributed by atoms with Crippen LogP contribution in [-0.4, -0.2) is 21.4 Å². The van der Waals surface area contributed by atoms with E-state index in [9.17, 15) is 0 Å². The molecule has 0 saturated carbocycles. The van der Waals surface area contributed by atoms with E-state index in [1.807, 2.05) is 42.1 Å². The Morgan fingerprint density at radius 2 is 2.10 bits per heavy atom. The van der Waals surface area contributed by atoms with Gasteiger partial charge in [0.05, 0.1) is 11.0 Å². The molecule has 0 aliphatic rings. The first-order valence-corrected chi connectivity index (χ1v) is 7.68. The molecule has 0 radical (unpaired) electrons. The van der Waals surface area contributed by atoms with E-state index >= 15 is 0 Å². The van der Waals surface area contributed by atoms with E-state index in [2.05, 4.69) is 31.7 Å². The zero-order valence-electron chi connectivity index (χ0n) is 10.9. The number of aromatic nitrogens is 2. The van der Waals surface area contributed by atoms with E-state index in [-0.39, 0.29) is 0 Å². The van der Waals surface area contributed by atoms with Crippen molar-refractivity contribution in [2.75, 3.05) is 11.9 Å². The molecule has 4 nitrogen and oxygen atoms in total. The Kier molecular flexibility index (Phi) is 5.39. The molecule has 0 saturated heterocycles. The van der Waals surface area contributed by atoms with E-state index in [0.717, 1.165) is 21.6 Å². The second-order valence-corrected chi connectivity index (χ2v) is 5.83. The summed E-state index contributed by atoms with van der Waals surface area (Å²) in [6.07, 6.45) is 1.91. The molecule has 0 atom stereocenters. The van der Waals surface area contributed by atoms with Crippen LogP contribution in [0.3, 0.4) is 0 Å². The fourth-order valence-electron chi connectivity index (χ4n) is 1.65. The van der Waals surface area contributed by atoms with Crippen molar-refractivity contribution in [3.05, 3.63) is 45.5 Å². The molecule has 106 valence electrons. The molecule has 1 heterocycles. The summed E-state index contributed by atoms with van der Waals surface area (Å²) in [6.45, 7) is 3.43. The lowest BCUT2D eigenvalue weighted by Gasteiger charge is -2.06. The Morgan fingerprint density at radius 3 is 2.75 bits per heavy atom. The number of thiocarbonyl (C=S) groups is 1. The van der Waals surface area contributed by atoms with E-state index in [0.29, 0.717) is 17.5 Å². The van der Waals surface area contributed by atoms with Crippen LogP contribution in [0.25, 0.3) is 0 Å². The Morgan fingerprint density at radius 1 is 1.40 bits per heavy atom. The summed E-state index contributed by atoms with van der Waals surface area (Å²) in [5.74, 6) is 0.699. The standard InChI is InChI=1S/C13H14BrClN4S/c1-2-16-13(20)17-12-11(14)8-19(18-12)7-9-3-5-10(15)6-4-9/h3-6,8H,2,7H2,1H3,(H2,16,17,18,20). The molecule has 7 heteroatoms. The van der Waals surface area contributed by atoms with Crippen LogP contribution in [0, 0.1) is 0 Å². The lowest BCUT2D eigenvalue weighted by atomic mass is 10.2. The average molecular weight is 374 g/mol. The largest absolute Gasteiger partial charge is 0.363 e. The minimum absolute atomic E-state index is 0.560. The van der Waals surface area contributed by atoms with Gasteiger partial charge in [0.15, 0.2) is 10.9 Å². The van der Waals surface area contributed by atoms with Crippen molar-refractivity contribution in [1.29, 1.82) is 0 Å². The second kappa shape index (κ2) is 7.06. The van der Waals surface area contributed by atoms with Crippen LogP contribution < -0.4 is 10.6 Å². The van der Waals surface area contributed by atoms with Gasteiger partial charge in [0, 0.05) is 17.8 Å². The fraction of sp³-hybridized carbons (Fsp3) is 0.231. The number of rotatable bonds is 4. The summed E-state index contributed by atoms with van der Waals surface area (Å²) in [5, 5.41) is 11.8. The number of nitrogens with one attached hydrogen (secondary N) is 2. The van der Waals surface area contributed by atoms with Gasteiger partial charge in [-0.15, -0.1) is 0 Å². The molecule has 2 rings (SSSR count). The van der Waals surface area contributed by atoms with Gasteiger partial charge < -0.3 is 10.6 Å². The minimum atomic E-state index is 0.560. The van der Waals surface area contributed by atoms with Gasteiger partial charge in [-0.1, -0.05) is 23.7 Å². The van der Waals surface area contributed by atoms with Gasteiger partial charge in [-0.05, 0) is 52.8 Å². The zero-order chi connectivity index (χ0) is 14.5. The summed E-state index contributed by atoms with van der Waals surface area (Å²) in [6, 6.07) is 7.70. The number of benzene rings is 1. The van der Waals surface area contributed by atoms with Crippen LogP contribution >= 0.6 is 39.7 Å². The second-order valence-electron chi connectivity index (χ2n) is 4.13.